The molecule has 0 fully saturated rings. The molecule has 2 aliphatic rings. The van der Waals surface area contributed by atoms with Crippen LogP contribution < -0.4 is 15.5 Å². The van der Waals surface area contributed by atoms with Gasteiger partial charge in [0.15, 0.2) is 0 Å². The number of nitrogens with one attached hydrogen (secondary N) is 2. The number of nitrogens with zero attached hydrogens (tertiary/aromatic N) is 1. The van der Waals surface area contributed by atoms with Gasteiger partial charge < -0.3 is 10.6 Å². The number of Topliss-reactive ketones (excluding diaryl/α,β-unsaturated/α-hetero) is 4. The smallest absolute Gasteiger partial charge is 0.212 e. The second kappa shape index (κ2) is 11.4. The van der Waals surface area contributed by atoms with E-state index >= 15 is 0 Å². The first-order valence-electron chi connectivity index (χ1n) is 14.4. The third-order valence-corrected chi connectivity index (χ3v) is 7.74. The van der Waals surface area contributed by atoms with Crippen molar-refractivity contribution < 1.29 is 19.2 Å². The normalized spacial score (nSPS) is 14.2. The van der Waals surface area contributed by atoms with Crippen LogP contribution in [-0.4, -0.2) is 23.1 Å². The highest BCUT2D eigenvalue weighted by Crippen LogP contribution is 2.39. The topological polar surface area (TPSA) is 95.6 Å². The minimum atomic E-state index is -0.474. The van der Waals surface area contributed by atoms with Crippen molar-refractivity contribution in [2.45, 2.75) is 0 Å². The molecule has 0 aliphatic heterocycles. The molecule has 0 aromatic heterocycles. The van der Waals surface area contributed by atoms with E-state index < -0.39 is 23.1 Å². The Balaban J connectivity index is 1.55. The number of para-hydroxylation sites is 3. The van der Waals surface area contributed by atoms with E-state index in [4.69, 9.17) is 0 Å². The molecule has 5 aromatic rings. The highest BCUT2D eigenvalue weighted by Gasteiger charge is 2.43. The maximum absolute atomic E-state index is 14.6. The Labute approximate surface area is 259 Å². The van der Waals surface area contributed by atoms with Crippen LogP contribution in [0.15, 0.2) is 162 Å². The Hall–Kier alpha value is -6.34. The Bertz CT molecular complexity index is 1940. The number of carbonyl (C=O) groups excluding carboxylic acids is 4. The van der Waals surface area contributed by atoms with Gasteiger partial charge in [-0.15, -0.1) is 0 Å². The minimum Gasteiger partial charge on any atom is -0.350 e. The summed E-state index contributed by atoms with van der Waals surface area (Å²) in [5.41, 5.74) is 2.28. The van der Waals surface area contributed by atoms with Crippen molar-refractivity contribution >= 4 is 40.2 Å². The zero-order valence-electron chi connectivity index (χ0n) is 23.9. The van der Waals surface area contributed by atoms with Gasteiger partial charge in [-0.3, -0.25) is 24.1 Å². The largest absolute Gasteiger partial charge is 0.350 e. The summed E-state index contributed by atoms with van der Waals surface area (Å²) in [5.74, 6) is -1.78. The molecule has 2 aliphatic carbocycles. The van der Waals surface area contributed by atoms with E-state index in [0.717, 1.165) is 0 Å². The zero-order chi connectivity index (χ0) is 30.9. The molecule has 0 saturated heterocycles. The van der Waals surface area contributed by atoms with Crippen LogP contribution in [0.4, 0.5) is 17.1 Å². The van der Waals surface area contributed by atoms with Crippen LogP contribution in [0.2, 0.25) is 0 Å². The van der Waals surface area contributed by atoms with Gasteiger partial charge in [-0.05, 0) is 36.4 Å². The monoisotopic (exact) mass is 587 g/mol. The van der Waals surface area contributed by atoms with Crippen LogP contribution in [0, 0.1) is 0 Å². The quantitative estimate of drug-likeness (QED) is 0.206. The number of hydrogen-bond donors (Lipinski definition) is 2. The summed E-state index contributed by atoms with van der Waals surface area (Å²) in [7, 11) is 0. The van der Waals surface area contributed by atoms with Gasteiger partial charge in [0.2, 0.25) is 23.1 Å². The summed E-state index contributed by atoms with van der Waals surface area (Å²) < 4.78 is 0. The molecule has 0 atom stereocenters. The average molecular weight is 588 g/mol. The van der Waals surface area contributed by atoms with Gasteiger partial charge in [-0.2, -0.15) is 0 Å². The molecule has 7 heteroatoms. The maximum atomic E-state index is 14.6. The van der Waals surface area contributed by atoms with Gasteiger partial charge in [-0.25, -0.2) is 0 Å². The van der Waals surface area contributed by atoms with Crippen LogP contribution in [0.5, 0.6) is 0 Å². The van der Waals surface area contributed by atoms with E-state index in [1.54, 1.807) is 97.1 Å². The molecule has 0 unspecified atom stereocenters. The van der Waals surface area contributed by atoms with Crippen LogP contribution in [0.1, 0.15) is 41.4 Å². The lowest BCUT2D eigenvalue weighted by molar-refractivity contribution is 0.0962. The van der Waals surface area contributed by atoms with Crippen molar-refractivity contribution in [3.05, 3.63) is 185 Å². The average Bonchev–Trinajstić information content (AvgIpc) is 3.09. The van der Waals surface area contributed by atoms with Gasteiger partial charge in [0.05, 0.1) is 0 Å². The van der Waals surface area contributed by atoms with Crippen molar-refractivity contribution in [2.24, 2.45) is 0 Å². The van der Waals surface area contributed by atoms with E-state index in [-0.39, 0.29) is 45.0 Å². The summed E-state index contributed by atoms with van der Waals surface area (Å²) >= 11 is 0. The molecule has 45 heavy (non-hydrogen) atoms. The van der Waals surface area contributed by atoms with Crippen molar-refractivity contribution in [1.29, 1.82) is 0 Å². The molecule has 0 heterocycles. The molecule has 0 amide bonds. The summed E-state index contributed by atoms with van der Waals surface area (Å²) in [6, 6.07) is 40.1. The molecular formula is C38H25N3O4. The summed E-state index contributed by atoms with van der Waals surface area (Å²) in [6.45, 7) is 0. The standard InChI is InChI=1S/C38H25N3O4/c42-35-27-20-10-12-22-29(27)37(44)33(31(35)39-24-14-4-1-5-15-24)41(26-18-8-3-9-19-26)34-32(40-25-16-6-2-7-17-25)36(43)28-21-11-13-23-30(28)38(34)45/h1-23,39-40H. The SMILES string of the molecule is O=C1C(Nc2ccccc2)=C(N(C2=C(Nc3ccccc3)C(=O)c3ccccc3C2=O)c2ccccc2)C(=O)c2ccccc21. The first kappa shape index (κ1) is 27.5. The third-order valence-electron chi connectivity index (χ3n) is 7.74. The Morgan fingerprint density at radius 1 is 0.356 bits per heavy atom. The first-order chi connectivity index (χ1) is 22.0. The van der Waals surface area contributed by atoms with Crippen LogP contribution in [-0.2, 0) is 0 Å². The van der Waals surface area contributed by atoms with Crippen LogP contribution in [0.25, 0.3) is 0 Å². The number of ketones is 4. The summed E-state index contributed by atoms with van der Waals surface area (Å²) in [4.78, 5) is 59.1. The fourth-order valence-electron chi connectivity index (χ4n) is 5.66. The Morgan fingerprint density at radius 3 is 1.04 bits per heavy atom. The summed E-state index contributed by atoms with van der Waals surface area (Å²) in [5, 5.41) is 6.36. The molecule has 7 rings (SSSR count). The number of fused-ring (bicyclic) bond motifs is 2. The number of hydrogen-bond acceptors (Lipinski definition) is 7. The minimum absolute atomic E-state index is 0.0144. The third kappa shape index (κ3) is 4.82. The van der Waals surface area contributed by atoms with Crippen molar-refractivity contribution in [3.63, 3.8) is 0 Å². The molecule has 216 valence electrons. The van der Waals surface area contributed by atoms with Gasteiger partial charge in [0.1, 0.15) is 22.8 Å². The zero-order valence-corrected chi connectivity index (χ0v) is 23.9. The molecule has 0 bridgehead atoms. The predicted molar refractivity (Wildman–Crippen MR) is 173 cm³/mol. The maximum Gasteiger partial charge on any atom is 0.212 e. The lowest BCUT2D eigenvalue weighted by Crippen LogP contribution is -2.41. The lowest BCUT2D eigenvalue weighted by atomic mass is 9.86. The van der Waals surface area contributed by atoms with Crippen LogP contribution >= 0.6 is 0 Å². The second-order valence-corrected chi connectivity index (χ2v) is 10.5. The summed E-state index contributed by atoms with van der Waals surface area (Å²) in [6.07, 6.45) is 0. The van der Waals surface area contributed by atoms with E-state index in [1.165, 1.54) is 4.90 Å². The fourth-order valence-corrected chi connectivity index (χ4v) is 5.66. The molecule has 7 nitrogen and oxygen atoms in total. The van der Waals surface area contributed by atoms with E-state index in [1.807, 2.05) is 42.5 Å². The number of allylic oxidation sites excluding steroid dienone is 4. The fraction of sp³-hybridized carbons (Fsp3) is 0. The molecule has 0 radical (unpaired) electrons. The second-order valence-electron chi connectivity index (χ2n) is 10.5. The number of rotatable bonds is 7. The molecule has 0 saturated carbocycles. The molecule has 5 aromatic carbocycles. The van der Waals surface area contributed by atoms with E-state index in [0.29, 0.717) is 17.1 Å². The molecule has 2 N–H and O–H groups in total. The van der Waals surface area contributed by atoms with E-state index in [2.05, 4.69) is 10.6 Å². The van der Waals surface area contributed by atoms with Gasteiger partial charge in [0.25, 0.3) is 0 Å². The highest BCUT2D eigenvalue weighted by molar-refractivity contribution is 6.33. The van der Waals surface area contributed by atoms with Crippen molar-refractivity contribution in [2.75, 3.05) is 15.5 Å². The number of anilines is 3. The Morgan fingerprint density at radius 2 is 0.667 bits per heavy atom. The van der Waals surface area contributed by atoms with Crippen molar-refractivity contribution in [3.8, 4) is 0 Å². The molecule has 0 spiro atoms. The first-order valence-corrected chi connectivity index (χ1v) is 14.4. The number of carbonyl (C=O) groups is 4. The van der Waals surface area contributed by atoms with Crippen molar-refractivity contribution in [1.82, 2.24) is 0 Å². The highest BCUT2D eigenvalue weighted by atomic mass is 16.2. The lowest BCUT2D eigenvalue weighted by Gasteiger charge is -2.35. The van der Waals surface area contributed by atoms with Crippen LogP contribution in [0.3, 0.4) is 0 Å². The van der Waals surface area contributed by atoms with Gasteiger partial charge in [-0.1, -0.05) is 103 Å². The van der Waals surface area contributed by atoms with Gasteiger partial charge in [0, 0.05) is 39.3 Å². The van der Waals surface area contributed by atoms with E-state index in [9.17, 15) is 19.2 Å². The predicted octanol–water partition coefficient (Wildman–Crippen LogP) is 7.30. The number of benzene rings is 5. The Kier molecular flexibility index (Phi) is 6.96. The van der Waals surface area contributed by atoms with Gasteiger partial charge >= 0.3 is 0 Å². The molecular weight excluding hydrogens is 562 g/mol.